The van der Waals surface area contributed by atoms with Crippen molar-refractivity contribution in [2.75, 3.05) is 0 Å². The average molecular weight is 428 g/mol. The number of unbranched alkanes of at least 4 members (excludes halogenated alkanes) is 3. The van der Waals surface area contributed by atoms with Crippen LogP contribution in [-0.4, -0.2) is 4.98 Å². The molecule has 0 saturated heterocycles. The summed E-state index contributed by atoms with van der Waals surface area (Å²) in [6, 6.07) is 17.0. The number of fused-ring (bicyclic) bond motifs is 1. The highest BCUT2D eigenvalue weighted by atomic mass is 35.5. The topological polar surface area (TPSA) is 12.9 Å². The van der Waals surface area contributed by atoms with Crippen molar-refractivity contribution < 1.29 is 0 Å². The minimum absolute atomic E-state index is 0.0587. The van der Waals surface area contributed by atoms with Gasteiger partial charge in [0.15, 0.2) is 0 Å². The summed E-state index contributed by atoms with van der Waals surface area (Å²) in [5.41, 5.74) is 2.67. The van der Waals surface area contributed by atoms with E-state index in [1.165, 1.54) is 47.4 Å². The van der Waals surface area contributed by atoms with E-state index in [9.17, 15) is 0 Å². The summed E-state index contributed by atoms with van der Waals surface area (Å²) in [5.74, 6) is 0. The van der Waals surface area contributed by atoms with Gasteiger partial charge in [-0.15, -0.1) is 11.3 Å². The third-order valence-corrected chi connectivity index (χ3v) is 7.87. The summed E-state index contributed by atoms with van der Waals surface area (Å²) in [4.78, 5) is 5.14. The van der Waals surface area contributed by atoms with Gasteiger partial charge in [-0.25, -0.2) is 4.98 Å². The number of halogens is 1. The SMILES string of the molecule is CCCCCCC(CC)(CC(C)(C)c1ccc(Cl)cc1)c1nc2ccccc2s1. The van der Waals surface area contributed by atoms with Crippen LogP contribution in [0.5, 0.6) is 0 Å². The molecule has 0 N–H and O–H groups in total. The van der Waals surface area contributed by atoms with E-state index in [0.717, 1.165) is 23.4 Å². The molecular weight excluding hydrogens is 394 g/mol. The number of thiazole rings is 1. The summed E-state index contributed by atoms with van der Waals surface area (Å²) >= 11 is 8.05. The van der Waals surface area contributed by atoms with Crippen molar-refractivity contribution in [3.8, 4) is 0 Å². The standard InChI is InChI=1S/C26H34ClNS/c1-5-7-8-11-18-26(6-2,24-28-22-12-9-10-13-23(22)29-24)19-25(3,4)20-14-16-21(27)17-15-20/h9-10,12-17H,5-8,11,18-19H2,1-4H3. The number of rotatable bonds is 10. The van der Waals surface area contributed by atoms with Gasteiger partial charge in [-0.05, 0) is 54.5 Å². The summed E-state index contributed by atoms with van der Waals surface area (Å²) in [5, 5.41) is 2.12. The van der Waals surface area contributed by atoms with Crippen LogP contribution in [0.1, 0.15) is 83.2 Å². The average Bonchev–Trinajstić information content (AvgIpc) is 3.15. The van der Waals surface area contributed by atoms with E-state index in [1.807, 2.05) is 23.5 Å². The van der Waals surface area contributed by atoms with Crippen LogP contribution in [0, 0.1) is 0 Å². The first kappa shape index (κ1) is 22.3. The lowest BCUT2D eigenvalue weighted by Crippen LogP contribution is -2.34. The van der Waals surface area contributed by atoms with Crippen molar-refractivity contribution in [3.63, 3.8) is 0 Å². The highest BCUT2D eigenvalue weighted by molar-refractivity contribution is 7.18. The molecule has 3 heteroatoms. The second-order valence-corrected chi connectivity index (χ2v) is 10.5. The van der Waals surface area contributed by atoms with Gasteiger partial charge < -0.3 is 0 Å². The molecule has 1 unspecified atom stereocenters. The molecule has 0 radical (unpaired) electrons. The van der Waals surface area contributed by atoms with Gasteiger partial charge in [0.25, 0.3) is 0 Å². The molecule has 0 aliphatic heterocycles. The van der Waals surface area contributed by atoms with Gasteiger partial charge in [-0.1, -0.05) is 89.2 Å². The summed E-state index contributed by atoms with van der Waals surface area (Å²) < 4.78 is 1.30. The highest BCUT2D eigenvalue weighted by Crippen LogP contribution is 2.47. The Bertz CT molecular complexity index is 879. The van der Waals surface area contributed by atoms with E-state index in [1.54, 1.807) is 0 Å². The van der Waals surface area contributed by atoms with E-state index in [4.69, 9.17) is 16.6 Å². The maximum atomic E-state index is 6.15. The Balaban J connectivity index is 1.97. The van der Waals surface area contributed by atoms with Crippen LogP contribution in [0.3, 0.4) is 0 Å². The van der Waals surface area contributed by atoms with E-state index in [-0.39, 0.29) is 10.8 Å². The van der Waals surface area contributed by atoms with Crippen molar-refractivity contribution in [2.45, 2.75) is 83.5 Å². The normalized spacial score (nSPS) is 14.2. The molecule has 0 fully saturated rings. The maximum Gasteiger partial charge on any atom is 0.100 e. The zero-order valence-electron chi connectivity index (χ0n) is 18.3. The van der Waals surface area contributed by atoms with Gasteiger partial charge >= 0.3 is 0 Å². The van der Waals surface area contributed by atoms with Crippen molar-refractivity contribution >= 4 is 33.2 Å². The fourth-order valence-corrected chi connectivity index (χ4v) is 5.94. The Morgan fingerprint density at radius 2 is 1.66 bits per heavy atom. The lowest BCUT2D eigenvalue weighted by atomic mass is 9.66. The first-order valence-corrected chi connectivity index (χ1v) is 12.2. The Labute approximate surface area is 185 Å². The molecule has 1 aromatic heterocycles. The van der Waals surface area contributed by atoms with Gasteiger partial charge in [0.2, 0.25) is 0 Å². The molecule has 0 saturated carbocycles. The molecule has 0 bridgehead atoms. The Morgan fingerprint density at radius 3 is 2.31 bits per heavy atom. The van der Waals surface area contributed by atoms with E-state index in [2.05, 4.69) is 64.1 Å². The van der Waals surface area contributed by atoms with Crippen molar-refractivity contribution in [3.05, 3.63) is 64.1 Å². The number of nitrogens with zero attached hydrogens (tertiary/aromatic N) is 1. The monoisotopic (exact) mass is 427 g/mol. The first-order valence-electron chi connectivity index (χ1n) is 11.0. The van der Waals surface area contributed by atoms with E-state index >= 15 is 0 Å². The summed E-state index contributed by atoms with van der Waals surface area (Å²) in [6.45, 7) is 9.38. The summed E-state index contributed by atoms with van der Waals surface area (Å²) in [7, 11) is 0. The third kappa shape index (κ3) is 5.22. The Morgan fingerprint density at radius 1 is 0.931 bits per heavy atom. The Hall–Kier alpha value is -1.38. The zero-order valence-corrected chi connectivity index (χ0v) is 19.9. The van der Waals surface area contributed by atoms with Gasteiger partial charge in [0.05, 0.1) is 10.2 Å². The summed E-state index contributed by atoms with van der Waals surface area (Å²) in [6.07, 6.45) is 8.61. The maximum absolute atomic E-state index is 6.15. The molecule has 1 heterocycles. The predicted octanol–water partition coefficient (Wildman–Crippen LogP) is 8.94. The van der Waals surface area contributed by atoms with Crippen molar-refractivity contribution in [1.82, 2.24) is 4.98 Å². The predicted molar refractivity (Wildman–Crippen MR) is 129 cm³/mol. The number of para-hydroxylation sites is 1. The van der Waals surface area contributed by atoms with Gasteiger partial charge in [0, 0.05) is 10.4 Å². The van der Waals surface area contributed by atoms with Gasteiger partial charge in [-0.3, -0.25) is 0 Å². The zero-order chi connectivity index (χ0) is 20.9. The second-order valence-electron chi connectivity index (χ2n) is 9.00. The van der Waals surface area contributed by atoms with Crippen LogP contribution in [0.2, 0.25) is 5.02 Å². The fourth-order valence-electron chi connectivity index (χ4n) is 4.56. The molecule has 2 aromatic carbocycles. The number of hydrogen-bond acceptors (Lipinski definition) is 2. The fraction of sp³-hybridized carbons (Fsp3) is 0.500. The molecule has 0 aliphatic rings. The van der Waals surface area contributed by atoms with Crippen LogP contribution in [0.15, 0.2) is 48.5 Å². The van der Waals surface area contributed by atoms with Crippen LogP contribution < -0.4 is 0 Å². The van der Waals surface area contributed by atoms with Crippen molar-refractivity contribution in [1.29, 1.82) is 0 Å². The molecular formula is C26H34ClNS. The number of benzene rings is 2. The van der Waals surface area contributed by atoms with E-state index < -0.39 is 0 Å². The molecule has 1 nitrogen and oxygen atoms in total. The molecule has 0 aliphatic carbocycles. The lowest BCUT2D eigenvalue weighted by molar-refractivity contribution is 0.267. The van der Waals surface area contributed by atoms with Crippen molar-refractivity contribution in [2.24, 2.45) is 0 Å². The number of aromatic nitrogens is 1. The largest absolute Gasteiger partial charge is 0.241 e. The second kappa shape index (κ2) is 9.62. The molecule has 3 rings (SSSR count). The lowest BCUT2D eigenvalue weighted by Gasteiger charge is -2.39. The molecule has 0 spiro atoms. The molecule has 29 heavy (non-hydrogen) atoms. The Kier molecular flexibility index (Phi) is 7.40. The molecule has 0 amide bonds. The van der Waals surface area contributed by atoms with Crippen LogP contribution >= 0.6 is 22.9 Å². The quantitative estimate of drug-likeness (QED) is 0.294. The van der Waals surface area contributed by atoms with Crippen LogP contribution in [0.4, 0.5) is 0 Å². The number of hydrogen-bond donors (Lipinski definition) is 0. The molecule has 156 valence electrons. The van der Waals surface area contributed by atoms with Crippen LogP contribution in [0.25, 0.3) is 10.2 Å². The first-order chi connectivity index (χ1) is 13.9. The minimum atomic E-state index is 0.0587. The molecule has 1 atom stereocenters. The third-order valence-electron chi connectivity index (χ3n) is 6.34. The van der Waals surface area contributed by atoms with Crippen LogP contribution in [-0.2, 0) is 10.8 Å². The minimum Gasteiger partial charge on any atom is -0.241 e. The van der Waals surface area contributed by atoms with Gasteiger partial charge in [-0.2, -0.15) is 0 Å². The van der Waals surface area contributed by atoms with E-state index in [0.29, 0.717) is 0 Å². The highest BCUT2D eigenvalue weighted by Gasteiger charge is 2.39. The molecule has 3 aromatic rings. The van der Waals surface area contributed by atoms with Gasteiger partial charge in [0.1, 0.15) is 5.01 Å². The smallest absolute Gasteiger partial charge is 0.100 e.